The Morgan fingerprint density at radius 2 is 2.12 bits per heavy atom. The van der Waals surface area contributed by atoms with Gasteiger partial charge in [0, 0.05) is 12.3 Å². The zero-order valence-electron chi connectivity index (χ0n) is 13.3. The van der Waals surface area contributed by atoms with Crippen molar-refractivity contribution < 1.29 is 19.1 Å². The van der Waals surface area contributed by atoms with Gasteiger partial charge in [0.25, 0.3) is 0 Å². The number of nitrogens with one attached hydrogen (secondary N) is 1. The number of benzene rings is 1. The van der Waals surface area contributed by atoms with Gasteiger partial charge in [-0.05, 0) is 17.7 Å². The van der Waals surface area contributed by atoms with E-state index in [-0.39, 0.29) is 18.1 Å². The molecular weight excluding hydrogens is 330 g/mol. The molecule has 1 atom stereocenters. The Hall–Kier alpha value is -2.66. The second kappa shape index (κ2) is 7.75. The number of allylic oxidation sites excluding steroid dienone is 1. The predicted octanol–water partition coefficient (Wildman–Crippen LogP) is 1.26. The highest BCUT2D eigenvalue weighted by molar-refractivity contribution is 8.03. The van der Waals surface area contributed by atoms with Gasteiger partial charge in [-0.15, -0.1) is 0 Å². The first-order chi connectivity index (χ1) is 11.5. The minimum absolute atomic E-state index is 0.0144. The molecule has 0 aliphatic carbocycles. The highest BCUT2D eigenvalue weighted by Crippen LogP contribution is 2.39. The van der Waals surface area contributed by atoms with Gasteiger partial charge in [0.2, 0.25) is 11.8 Å². The van der Waals surface area contributed by atoms with Crippen molar-refractivity contribution in [1.29, 1.82) is 5.26 Å². The maximum atomic E-state index is 12.0. The Balaban J connectivity index is 2.43. The molecule has 1 aliphatic rings. The molecule has 0 spiro atoms. The van der Waals surface area contributed by atoms with Crippen molar-refractivity contribution in [2.75, 3.05) is 20.0 Å². The van der Waals surface area contributed by atoms with Gasteiger partial charge >= 0.3 is 0 Å². The highest BCUT2D eigenvalue weighted by atomic mass is 32.2. The monoisotopic (exact) mass is 347 g/mol. The molecule has 0 radical (unpaired) electrons. The van der Waals surface area contributed by atoms with E-state index < -0.39 is 11.8 Å². The van der Waals surface area contributed by atoms with Crippen LogP contribution < -0.4 is 20.5 Å². The number of carbonyl (C=O) groups excluding carboxylic acids is 2. The lowest BCUT2D eigenvalue weighted by atomic mass is 9.87. The van der Waals surface area contributed by atoms with Gasteiger partial charge in [0.05, 0.1) is 36.6 Å². The van der Waals surface area contributed by atoms with Crippen molar-refractivity contribution in [2.45, 2.75) is 12.3 Å². The van der Waals surface area contributed by atoms with E-state index in [1.54, 1.807) is 18.2 Å². The largest absolute Gasteiger partial charge is 0.493 e. The predicted molar refractivity (Wildman–Crippen MR) is 89.3 cm³/mol. The number of nitrogens with two attached hydrogens (primary N) is 1. The van der Waals surface area contributed by atoms with E-state index in [4.69, 9.17) is 15.2 Å². The standard InChI is InChI=1S/C16H17N3O4S/c1-22-12-4-3-9(5-13(12)23-2)10-6-15(21)19-16(11(10)7-17)24-8-14(18)20/h3-5,10H,6,8H2,1-2H3,(H2,18,20)(H,19,21). The molecule has 0 bridgehead atoms. The second-order valence-electron chi connectivity index (χ2n) is 5.03. The first-order valence-corrected chi connectivity index (χ1v) is 8.05. The summed E-state index contributed by atoms with van der Waals surface area (Å²) < 4.78 is 10.5. The van der Waals surface area contributed by atoms with Crippen LogP contribution in [0.15, 0.2) is 28.8 Å². The van der Waals surface area contributed by atoms with Gasteiger partial charge in [-0.1, -0.05) is 17.8 Å². The Morgan fingerprint density at radius 1 is 1.42 bits per heavy atom. The zero-order valence-corrected chi connectivity index (χ0v) is 14.1. The van der Waals surface area contributed by atoms with E-state index in [9.17, 15) is 14.9 Å². The molecule has 1 aromatic rings. The topological polar surface area (TPSA) is 114 Å². The molecule has 0 aromatic heterocycles. The van der Waals surface area contributed by atoms with Crippen LogP contribution in [0.25, 0.3) is 0 Å². The first kappa shape index (κ1) is 17.7. The van der Waals surface area contributed by atoms with Crippen molar-refractivity contribution in [3.63, 3.8) is 0 Å². The maximum absolute atomic E-state index is 12.0. The molecule has 3 N–H and O–H groups in total. The fourth-order valence-electron chi connectivity index (χ4n) is 2.43. The number of hydrogen-bond donors (Lipinski definition) is 2. The molecular formula is C16H17N3O4S. The van der Waals surface area contributed by atoms with Gasteiger partial charge in [-0.3, -0.25) is 9.59 Å². The van der Waals surface area contributed by atoms with Crippen LogP contribution in [0.5, 0.6) is 11.5 Å². The number of amides is 2. The molecule has 1 aromatic carbocycles. The van der Waals surface area contributed by atoms with Gasteiger partial charge in [-0.25, -0.2) is 0 Å². The molecule has 1 aliphatic heterocycles. The van der Waals surface area contributed by atoms with E-state index in [1.165, 1.54) is 14.2 Å². The summed E-state index contributed by atoms with van der Waals surface area (Å²) in [6, 6.07) is 7.40. The summed E-state index contributed by atoms with van der Waals surface area (Å²) in [6.07, 6.45) is 0.138. The number of methoxy groups -OCH3 is 2. The van der Waals surface area contributed by atoms with Crippen LogP contribution in [0.1, 0.15) is 17.9 Å². The average Bonchev–Trinajstić information content (AvgIpc) is 2.58. The van der Waals surface area contributed by atoms with Gasteiger partial charge in [0.15, 0.2) is 11.5 Å². The number of nitriles is 1. The normalized spacial score (nSPS) is 17.0. The van der Waals surface area contributed by atoms with Crippen LogP contribution in [0.2, 0.25) is 0 Å². The van der Waals surface area contributed by atoms with Crippen LogP contribution in [0, 0.1) is 11.3 Å². The van der Waals surface area contributed by atoms with E-state index >= 15 is 0 Å². The van der Waals surface area contributed by atoms with Crippen molar-refractivity contribution in [3.8, 4) is 17.6 Å². The fourth-order valence-corrected chi connectivity index (χ4v) is 3.25. The van der Waals surface area contributed by atoms with Crippen molar-refractivity contribution in [1.82, 2.24) is 5.32 Å². The third-order valence-corrected chi connectivity index (χ3v) is 4.56. The summed E-state index contributed by atoms with van der Waals surface area (Å²) in [5.41, 5.74) is 6.30. The minimum Gasteiger partial charge on any atom is -0.493 e. The molecule has 0 saturated heterocycles. The summed E-state index contributed by atoms with van der Waals surface area (Å²) in [5, 5.41) is 12.5. The van der Waals surface area contributed by atoms with Crippen molar-refractivity contribution in [3.05, 3.63) is 34.4 Å². The van der Waals surface area contributed by atoms with Crippen LogP contribution in [-0.4, -0.2) is 31.8 Å². The molecule has 0 saturated carbocycles. The Morgan fingerprint density at radius 3 is 2.71 bits per heavy atom. The second-order valence-corrected chi connectivity index (χ2v) is 6.01. The van der Waals surface area contributed by atoms with Crippen LogP contribution in [0.4, 0.5) is 0 Å². The third kappa shape index (κ3) is 3.81. The van der Waals surface area contributed by atoms with Gasteiger partial charge < -0.3 is 20.5 Å². The van der Waals surface area contributed by atoms with Crippen LogP contribution in [-0.2, 0) is 9.59 Å². The van der Waals surface area contributed by atoms with E-state index in [0.29, 0.717) is 22.1 Å². The lowest BCUT2D eigenvalue weighted by molar-refractivity contribution is -0.121. The maximum Gasteiger partial charge on any atom is 0.227 e. The molecule has 24 heavy (non-hydrogen) atoms. The SMILES string of the molecule is COc1ccc(C2CC(=O)NC(SCC(N)=O)=C2C#N)cc1OC. The van der Waals surface area contributed by atoms with E-state index in [1.807, 2.05) is 0 Å². The Bertz CT molecular complexity index is 739. The molecule has 7 nitrogen and oxygen atoms in total. The van der Waals surface area contributed by atoms with Crippen LogP contribution in [0.3, 0.4) is 0 Å². The van der Waals surface area contributed by atoms with Gasteiger partial charge in [-0.2, -0.15) is 5.26 Å². The lowest BCUT2D eigenvalue weighted by Gasteiger charge is -2.25. The number of carbonyl (C=O) groups is 2. The Kier molecular flexibility index (Phi) is 5.71. The minimum atomic E-state index is -0.521. The molecule has 2 amide bonds. The summed E-state index contributed by atoms with van der Waals surface area (Å²) >= 11 is 1.05. The fraction of sp³-hybridized carbons (Fsp3) is 0.312. The average molecular weight is 347 g/mol. The zero-order chi connectivity index (χ0) is 17.7. The lowest BCUT2D eigenvalue weighted by Crippen LogP contribution is -2.31. The first-order valence-electron chi connectivity index (χ1n) is 7.07. The molecule has 8 heteroatoms. The summed E-state index contributed by atoms with van der Waals surface area (Å²) in [4.78, 5) is 23.0. The number of hydrogen-bond acceptors (Lipinski definition) is 6. The number of rotatable bonds is 6. The van der Waals surface area contributed by atoms with Crippen molar-refractivity contribution in [2.24, 2.45) is 5.73 Å². The van der Waals surface area contributed by atoms with E-state index in [2.05, 4.69) is 11.4 Å². The van der Waals surface area contributed by atoms with Gasteiger partial charge in [0.1, 0.15) is 0 Å². The smallest absolute Gasteiger partial charge is 0.227 e. The summed E-state index contributed by atoms with van der Waals surface area (Å²) in [5.74, 6) is -0.0942. The number of ether oxygens (including phenoxy) is 2. The number of primary amides is 1. The molecule has 1 heterocycles. The van der Waals surface area contributed by atoms with Crippen molar-refractivity contribution >= 4 is 23.6 Å². The molecule has 126 valence electrons. The highest BCUT2D eigenvalue weighted by Gasteiger charge is 2.30. The summed E-state index contributed by atoms with van der Waals surface area (Å²) in [6.45, 7) is 0. The number of nitrogens with zero attached hydrogens (tertiary/aromatic N) is 1. The van der Waals surface area contributed by atoms with E-state index in [0.717, 1.165) is 17.3 Å². The number of thioether (sulfide) groups is 1. The summed E-state index contributed by atoms with van der Waals surface area (Å²) in [7, 11) is 3.05. The Labute approximate surface area is 143 Å². The molecule has 2 rings (SSSR count). The quantitative estimate of drug-likeness (QED) is 0.801. The third-order valence-electron chi connectivity index (χ3n) is 3.52. The molecule has 0 fully saturated rings. The van der Waals surface area contributed by atoms with Crippen LogP contribution >= 0.6 is 11.8 Å². The molecule has 1 unspecified atom stereocenters.